The topological polar surface area (TPSA) is 68.0 Å². The number of carbonyl (C=O) groups is 1. The molecule has 1 aromatic heterocycles. The van der Waals surface area contributed by atoms with E-state index in [0.29, 0.717) is 23.2 Å². The standard InChI is InChI=1S/C18H15BrClN3O2/c1-11-2-7-15(14(19)10-11)21-16(24)8-9-17-22-18(23-25-17)12-3-5-13(20)6-4-12/h2-7,10H,8-9H2,1H3,(H,21,24). The van der Waals surface area contributed by atoms with Gasteiger partial charge in [-0.05, 0) is 64.8 Å². The van der Waals surface area contributed by atoms with Crippen LogP contribution in [0.3, 0.4) is 0 Å². The molecule has 5 nitrogen and oxygen atoms in total. The van der Waals surface area contributed by atoms with E-state index in [9.17, 15) is 4.79 Å². The summed E-state index contributed by atoms with van der Waals surface area (Å²) in [4.78, 5) is 16.4. The van der Waals surface area contributed by atoms with Gasteiger partial charge in [0.2, 0.25) is 17.6 Å². The number of carbonyl (C=O) groups excluding carboxylic acids is 1. The van der Waals surface area contributed by atoms with Gasteiger partial charge in [0.15, 0.2) is 0 Å². The number of halogens is 2. The van der Waals surface area contributed by atoms with E-state index >= 15 is 0 Å². The van der Waals surface area contributed by atoms with E-state index in [0.717, 1.165) is 21.3 Å². The van der Waals surface area contributed by atoms with Crippen molar-refractivity contribution in [2.75, 3.05) is 5.32 Å². The lowest BCUT2D eigenvalue weighted by atomic mass is 10.2. The zero-order valence-electron chi connectivity index (χ0n) is 13.4. The average molecular weight is 421 g/mol. The fourth-order valence-electron chi connectivity index (χ4n) is 2.23. The minimum Gasteiger partial charge on any atom is -0.339 e. The van der Waals surface area contributed by atoms with Gasteiger partial charge < -0.3 is 9.84 Å². The molecule has 0 aliphatic carbocycles. The number of benzene rings is 2. The highest BCUT2D eigenvalue weighted by Gasteiger charge is 2.11. The van der Waals surface area contributed by atoms with E-state index in [2.05, 4.69) is 31.4 Å². The molecule has 0 radical (unpaired) electrons. The summed E-state index contributed by atoms with van der Waals surface area (Å²) in [6.07, 6.45) is 0.623. The summed E-state index contributed by atoms with van der Waals surface area (Å²) in [6, 6.07) is 12.9. The number of amides is 1. The molecule has 0 aliphatic rings. The monoisotopic (exact) mass is 419 g/mol. The second-order valence-electron chi connectivity index (χ2n) is 5.55. The van der Waals surface area contributed by atoms with Crippen LogP contribution >= 0.6 is 27.5 Å². The van der Waals surface area contributed by atoms with Gasteiger partial charge in [0, 0.05) is 27.9 Å². The molecule has 3 aromatic rings. The van der Waals surface area contributed by atoms with Crippen LogP contribution in [0.25, 0.3) is 11.4 Å². The van der Waals surface area contributed by atoms with Crippen molar-refractivity contribution in [2.24, 2.45) is 0 Å². The fourth-order valence-corrected chi connectivity index (χ4v) is 2.95. The van der Waals surface area contributed by atoms with Gasteiger partial charge in [0.1, 0.15) is 0 Å². The Balaban J connectivity index is 1.58. The number of nitrogens with zero attached hydrogens (tertiary/aromatic N) is 2. The third-order valence-electron chi connectivity index (χ3n) is 3.54. The van der Waals surface area contributed by atoms with Crippen molar-refractivity contribution in [3.63, 3.8) is 0 Å². The summed E-state index contributed by atoms with van der Waals surface area (Å²) in [6.45, 7) is 1.99. The SMILES string of the molecule is Cc1ccc(NC(=O)CCc2nc(-c3ccc(Cl)cc3)no2)c(Br)c1. The number of anilines is 1. The molecular weight excluding hydrogens is 406 g/mol. The Morgan fingerprint density at radius 1 is 1.24 bits per heavy atom. The summed E-state index contributed by atoms with van der Waals surface area (Å²) >= 11 is 9.30. The van der Waals surface area contributed by atoms with E-state index < -0.39 is 0 Å². The van der Waals surface area contributed by atoms with Gasteiger partial charge in [0.25, 0.3) is 0 Å². The largest absolute Gasteiger partial charge is 0.339 e. The van der Waals surface area contributed by atoms with E-state index in [4.69, 9.17) is 16.1 Å². The molecule has 1 heterocycles. The van der Waals surface area contributed by atoms with Crippen LogP contribution in [0.5, 0.6) is 0 Å². The normalized spacial score (nSPS) is 10.7. The predicted octanol–water partition coefficient (Wildman–Crippen LogP) is 5.03. The van der Waals surface area contributed by atoms with Gasteiger partial charge in [-0.15, -0.1) is 0 Å². The van der Waals surface area contributed by atoms with Crippen molar-refractivity contribution < 1.29 is 9.32 Å². The molecule has 0 bridgehead atoms. The first-order valence-electron chi connectivity index (χ1n) is 7.66. The minimum atomic E-state index is -0.115. The summed E-state index contributed by atoms with van der Waals surface area (Å²) in [5.41, 5.74) is 2.67. The van der Waals surface area contributed by atoms with Crippen molar-refractivity contribution >= 4 is 39.1 Å². The van der Waals surface area contributed by atoms with Crippen molar-refractivity contribution in [1.82, 2.24) is 10.1 Å². The number of hydrogen-bond donors (Lipinski definition) is 1. The van der Waals surface area contributed by atoms with Gasteiger partial charge >= 0.3 is 0 Å². The Morgan fingerprint density at radius 2 is 2.00 bits per heavy atom. The Labute approximate surface area is 158 Å². The first kappa shape index (κ1) is 17.6. The van der Waals surface area contributed by atoms with Gasteiger partial charge in [-0.25, -0.2) is 0 Å². The quantitative estimate of drug-likeness (QED) is 0.628. The summed E-state index contributed by atoms with van der Waals surface area (Å²) in [5.74, 6) is 0.784. The lowest BCUT2D eigenvalue weighted by Gasteiger charge is -2.07. The highest BCUT2D eigenvalue weighted by Crippen LogP contribution is 2.24. The zero-order valence-corrected chi connectivity index (χ0v) is 15.8. The molecule has 128 valence electrons. The van der Waals surface area contributed by atoms with Crippen molar-refractivity contribution in [1.29, 1.82) is 0 Å². The molecule has 0 fully saturated rings. The maximum absolute atomic E-state index is 12.1. The van der Waals surface area contributed by atoms with Gasteiger partial charge in [-0.3, -0.25) is 4.79 Å². The summed E-state index contributed by atoms with van der Waals surface area (Å²) in [7, 11) is 0. The first-order chi connectivity index (χ1) is 12.0. The molecule has 2 aromatic carbocycles. The lowest BCUT2D eigenvalue weighted by Crippen LogP contribution is -2.12. The molecule has 7 heteroatoms. The Hall–Kier alpha value is -2.18. The molecule has 25 heavy (non-hydrogen) atoms. The Kier molecular flexibility index (Phi) is 5.50. The van der Waals surface area contributed by atoms with E-state index in [1.165, 1.54) is 0 Å². The Bertz CT molecular complexity index is 894. The highest BCUT2D eigenvalue weighted by atomic mass is 79.9. The lowest BCUT2D eigenvalue weighted by molar-refractivity contribution is -0.116. The smallest absolute Gasteiger partial charge is 0.227 e. The Morgan fingerprint density at radius 3 is 2.72 bits per heavy atom. The van der Waals surface area contributed by atoms with Crippen molar-refractivity contribution in [3.05, 3.63) is 63.4 Å². The van der Waals surface area contributed by atoms with Gasteiger partial charge in [0.05, 0.1) is 5.69 Å². The number of nitrogens with one attached hydrogen (secondary N) is 1. The molecule has 1 N–H and O–H groups in total. The van der Waals surface area contributed by atoms with Crippen LogP contribution < -0.4 is 5.32 Å². The number of aromatic nitrogens is 2. The second-order valence-corrected chi connectivity index (χ2v) is 6.84. The molecule has 0 atom stereocenters. The van der Waals surface area contributed by atoms with Crippen LogP contribution in [0.1, 0.15) is 17.9 Å². The molecule has 0 unspecified atom stereocenters. The van der Waals surface area contributed by atoms with Crippen LogP contribution in [0, 0.1) is 6.92 Å². The van der Waals surface area contributed by atoms with Crippen LogP contribution in [0.2, 0.25) is 5.02 Å². The van der Waals surface area contributed by atoms with Gasteiger partial charge in [-0.2, -0.15) is 4.98 Å². The minimum absolute atomic E-state index is 0.115. The molecular formula is C18H15BrClN3O2. The second kappa shape index (κ2) is 7.80. The van der Waals surface area contributed by atoms with E-state index in [1.807, 2.05) is 37.3 Å². The number of aryl methyl sites for hydroxylation is 2. The van der Waals surface area contributed by atoms with Crippen LogP contribution in [-0.4, -0.2) is 16.0 Å². The molecule has 1 amide bonds. The first-order valence-corrected chi connectivity index (χ1v) is 8.83. The molecule has 0 saturated carbocycles. The van der Waals surface area contributed by atoms with Crippen molar-refractivity contribution in [2.45, 2.75) is 19.8 Å². The van der Waals surface area contributed by atoms with E-state index in [1.54, 1.807) is 12.1 Å². The molecule has 3 rings (SSSR count). The van der Waals surface area contributed by atoms with Crippen LogP contribution in [0.4, 0.5) is 5.69 Å². The molecule has 0 spiro atoms. The summed E-state index contributed by atoms with van der Waals surface area (Å²) < 4.78 is 6.06. The van der Waals surface area contributed by atoms with E-state index in [-0.39, 0.29) is 12.3 Å². The number of rotatable bonds is 5. The number of hydrogen-bond acceptors (Lipinski definition) is 4. The fraction of sp³-hybridized carbons (Fsp3) is 0.167. The maximum Gasteiger partial charge on any atom is 0.227 e. The van der Waals surface area contributed by atoms with Crippen LogP contribution in [0.15, 0.2) is 51.5 Å². The third-order valence-corrected chi connectivity index (χ3v) is 4.44. The third kappa shape index (κ3) is 4.67. The summed E-state index contributed by atoms with van der Waals surface area (Å²) in [5, 5.41) is 7.44. The highest BCUT2D eigenvalue weighted by molar-refractivity contribution is 9.10. The molecule has 0 saturated heterocycles. The van der Waals surface area contributed by atoms with Gasteiger partial charge in [-0.1, -0.05) is 22.8 Å². The molecule has 0 aliphatic heterocycles. The average Bonchev–Trinajstić information content (AvgIpc) is 3.05. The zero-order chi connectivity index (χ0) is 17.8. The predicted molar refractivity (Wildman–Crippen MR) is 101 cm³/mol. The van der Waals surface area contributed by atoms with Crippen molar-refractivity contribution in [3.8, 4) is 11.4 Å². The van der Waals surface area contributed by atoms with Crippen LogP contribution in [-0.2, 0) is 11.2 Å². The maximum atomic E-state index is 12.1.